The summed E-state index contributed by atoms with van der Waals surface area (Å²) in [5, 5.41) is 8.30. The number of morpholine rings is 1. The zero-order valence-electron chi connectivity index (χ0n) is 7.16. The molecule has 12 heavy (non-hydrogen) atoms. The summed E-state index contributed by atoms with van der Waals surface area (Å²) in [5.41, 5.74) is 0. The minimum absolute atomic E-state index is 0.615. The zero-order chi connectivity index (χ0) is 8.65. The highest BCUT2D eigenvalue weighted by Crippen LogP contribution is 2.02. The second-order valence-electron chi connectivity index (χ2n) is 2.66. The first-order chi connectivity index (χ1) is 5.93. The van der Waals surface area contributed by atoms with Crippen molar-refractivity contribution in [1.82, 2.24) is 4.90 Å². The maximum absolute atomic E-state index is 8.30. The highest BCUT2D eigenvalue weighted by Gasteiger charge is 2.08. The van der Waals surface area contributed by atoms with Crippen LogP contribution in [0.3, 0.4) is 0 Å². The molecule has 1 rings (SSSR count). The maximum Gasteiger partial charge on any atom is 0.0808 e. The van der Waals surface area contributed by atoms with Crippen LogP contribution in [-0.2, 0) is 4.74 Å². The van der Waals surface area contributed by atoms with Gasteiger partial charge in [-0.1, -0.05) is 0 Å². The van der Waals surface area contributed by atoms with Crippen LogP contribution in [0.25, 0.3) is 0 Å². The average Bonchev–Trinajstić information content (AvgIpc) is 2.14. The lowest BCUT2D eigenvalue weighted by Crippen LogP contribution is -2.37. The molecule has 1 heterocycles. The number of nitrogens with zero attached hydrogens (tertiary/aromatic N) is 2. The lowest BCUT2D eigenvalue weighted by atomic mass is 10.4. The molecule has 0 amide bonds. The monoisotopic (exact) mass is 186 g/mol. The minimum Gasteiger partial charge on any atom is -0.379 e. The van der Waals surface area contributed by atoms with Gasteiger partial charge in [0.25, 0.3) is 0 Å². The van der Waals surface area contributed by atoms with E-state index in [1.54, 1.807) is 11.8 Å². The molecule has 0 aliphatic carbocycles. The van der Waals surface area contributed by atoms with Gasteiger partial charge in [0.15, 0.2) is 0 Å². The van der Waals surface area contributed by atoms with Crippen LogP contribution >= 0.6 is 11.8 Å². The standard InChI is InChI=1S/C8H14N2OS/c9-1-7-12-8-4-10-2-5-11-6-3-10/h2-8H2. The molecule has 0 unspecified atom stereocenters. The van der Waals surface area contributed by atoms with Crippen molar-refractivity contribution in [3.63, 3.8) is 0 Å². The Morgan fingerprint density at radius 1 is 1.42 bits per heavy atom. The van der Waals surface area contributed by atoms with Crippen LogP contribution < -0.4 is 0 Å². The number of nitriles is 1. The van der Waals surface area contributed by atoms with Gasteiger partial charge in [0.1, 0.15) is 0 Å². The van der Waals surface area contributed by atoms with Crippen LogP contribution in [0.1, 0.15) is 0 Å². The van der Waals surface area contributed by atoms with Gasteiger partial charge < -0.3 is 4.74 Å². The van der Waals surface area contributed by atoms with E-state index in [-0.39, 0.29) is 0 Å². The average molecular weight is 186 g/mol. The Kier molecular flexibility index (Phi) is 5.16. The lowest BCUT2D eigenvalue weighted by molar-refractivity contribution is 0.0410. The van der Waals surface area contributed by atoms with Gasteiger partial charge in [-0.15, -0.1) is 11.8 Å². The summed E-state index contributed by atoms with van der Waals surface area (Å²) < 4.78 is 5.23. The topological polar surface area (TPSA) is 36.3 Å². The molecule has 0 spiro atoms. The second kappa shape index (κ2) is 6.30. The van der Waals surface area contributed by atoms with Crippen molar-refractivity contribution >= 4 is 11.8 Å². The van der Waals surface area contributed by atoms with Crippen molar-refractivity contribution in [3.05, 3.63) is 0 Å². The molecule has 0 aromatic heterocycles. The van der Waals surface area contributed by atoms with E-state index in [9.17, 15) is 0 Å². The Hall–Kier alpha value is -0.240. The first-order valence-corrected chi connectivity index (χ1v) is 5.34. The van der Waals surface area contributed by atoms with Crippen molar-refractivity contribution < 1.29 is 4.74 Å². The van der Waals surface area contributed by atoms with E-state index in [1.807, 2.05) is 0 Å². The summed E-state index contributed by atoms with van der Waals surface area (Å²) in [4.78, 5) is 2.38. The molecule has 3 nitrogen and oxygen atoms in total. The fourth-order valence-corrected chi connectivity index (χ4v) is 1.76. The van der Waals surface area contributed by atoms with Crippen LogP contribution in [0, 0.1) is 11.3 Å². The molecule has 4 heteroatoms. The van der Waals surface area contributed by atoms with Crippen molar-refractivity contribution in [2.75, 3.05) is 44.4 Å². The van der Waals surface area contributed by atoms with Crippen LogP contribution in [0.15, 0.2) is 0 Å². The van der Waals surface area contributed by atoms with Crippen molar-refractivity contribution in [2.24, 2.45) is 0 Å². The van der Waals surface area contributed by atoms with Crippen LogP contribution in [0.4, 0.5) is 0 Å². The first kappa shape index (κ1) is 9.85. The van der Waals surface area contributed by atoms with Crippen molar-refractivity contribution in [2.45, 2.75) is 0 Å². The number of thioether (sulfide) groups is 1. The van der Waals surface area contributed by atoms with Gasteiger partial charge in [-0.3, -0.25) is 4.90 Å². The molecule has 0 bridgehead atoms. The molecule has 0 N–H and O–H groups in total. The van der Waals surface area contributed by atoms with E-state index in [0.717, 1.165) is 38.6 Å². The lowest BCUT2D eigenvalue weighted by Gasteiger charge is -2.26. The molecule has 1 fully saturated rings. The normalized spacial score (nSPS) is 18.9. The minimum atomic E-state index is 0.615. The maximum atomic E-state index is 8.30. The van der Waals surface area contributed by atoms with Crippen LogP contribution in [0.5, 0.6) is 0 Å². The molecule has 68 valence electrons. The van der Waals surface area contributed by atoms with Gasteiger partial charge in [-0.2, -0.15) is 5.26 Å². The molecule has 0 radical (unpaired) electrons. The fourth-order valence-electron chi connectivity index (χ4n) is 1.14. The smallest absolute Gasteiger partial charge is 0.0808 e. The quantitative estimate of drug-likeness (QED) is 0.602. The van der Waals surface area contributed by atoms with E-state index >= 15 is 0 Å². The Morgan fingerprint density at radius 2 is 2.17 bits per heavy atom. The van der Waals surface area contributed by atoms with Gasteiger partial charge in [0, 0.05) is 25.4 Å². The molecule has 1 aliphatic heterocycles. The summed E-state index contributed by atoms with van der Waals surface area (Å²) >= 11 is 1.70. The molecule has 0 saturated carbocycles. The summed E-state index contributed by atoms with van der Waals surface area (Å²) in [7, 11) is 0. The fraction of sp³-hybridized carbons (Fsp3) is 0.875. The largest absolute Gasteiger partial charge is 0.379 e. The van der Waals surface area contributed by atoms with Gasteiger partial charge in [0.2, 0.25) is 0 Å². The predicted octanol–water partition coefficient (Wildman–Crippen LogP) is 0.575. The van der Waals surface area contributed by atoms with E-state index in [1.165, 1.54) is 0 Å². The molecule has 1 aliphatic rings. The van der Waals surface area contributed by atoms with Crippen LogP contribution in [-0.4, -0.2) is 49.3 Å². The highest BCUT2D eigenvalue weighted by atomic mass is 32.2. The zero-order valence-corrected chi connectivity index (χ0v) is 7.98. The SMILES string of the molecule is N#CCSCCN1CCOCC1. The Bertz CT molecular complexity index is 152. The van der Waals surface area contributed by atoms with Crippen molar-refractivity contribution in [1.29, 1.82) is 5.26 Å². The molecule has 0 aromatic carbocycles. The van der Waals surface area contributed by atoms with Crippen LogP contribution in [0.2, 0.25) is 0 Å². The van der Waals surface area contributed by atoms with Gasteiger partial charge in [-0.05, 0) is 0 Å². The Morgan fingerprint density at radius 3 is 2.83 bits per heavy atom. The second-order valence-corrected chi connectivity index (χ2v) is 3.77. The summed E-state index contributed by atoms with van der Waals surface area (Å²) in [6.07, 6.45) is 0. The van der Waals surface area contributed by atoms with Gasteiger partial charge >= 0.3 is 0 Å². The van der Waals surface area contributed by atoms with E-state index < -0.39 is 0 Å². The Labute approximate surface area is 77.7 Å². The molecule has 1 saturated heterocycles. The molecule has 0 aromatic rings. The van der Waals surface area contributed by atoms with E-state index in [4.69, 9.17) is 10.00 Å². The molecular weight excluding hydrogens is 172 g/mol. The molecular formula is C8H14N2OS. The highest BCUT2D eigenvalue weighted by molar-refractivity contribution is 7.99. The first-order valence-electron chi connectivity index (χ1n) is 4.18. The van der Waals surface area contributed by atoms with Gasteiger partial charge in [0.05, 0.1) is 25.0 Å². The third-order valence-electron chi connectivity index (χ3n) is 1.82. The number of hydrogen-bond acceptors (Lipinski definition) is 4. The summed E-state index contributed by atoms with van der Waals surface area (Å²) in [6.45, 7) is 4.92. The van der Waals surface area contributed by atoms with Crippen molar-refractivity contribution in [3.8, 4) is 6.07 Å². The number of rotatable bonds is 4. The van der Waals surface area contributed by atoms with E-state index in [0.29, 0.717) is 5.75 Å². The summed E-state index contributed by atoms with van der Waals surface area (Å²) in [6, 6.07) is 2.13. The van der Waals surface area contributed by atoms with E-state index in [2.05, 4.69) is 11.0 Å². The third-order valence-corrected chi connectivity index (χ3v) is 2.63. The third kappa shape index (κ3) is 3.96. The number of ether oxygens (including phenoxy) is 1. The summed E-state index contributed by atoms with van der Waals surface area (Å²) in [5.74, 6) is 1.68. The Balaban J connectivity index is 1.95. The van der Waals surface area contributed by atoms with Gasteiger partial charge in [-0.25, -0.2) is 0 Å². The molecule has 0 atom stereocenters. The predicted molar refractivity (Wildman–Crippen MR) is 50.2 cm³/mol. The number of hydrogen-bond donors (Lipinski definition) is 0.